The number of ether oxygens (including phenoxy) is 1. The molecule has 8 heteroatoms. The molecule has 2 rings (SSSR count). The van der Waals surface area contributed by atoms with Crippen LogP contribution >= 0.6 is 11.6 Å². The van der Waals surface area contributed by atoms with Gasteiger partial charge in [-0.25, -0.2) is 12.7 Å². The van der Waals surface area contributed by atoms with Gasteiger partial charge in [0.2, 0.25) is 10.0 Å². The number of amides is 1. The van der Waals surface area contributed by atoms with Gasteiger partial charge in [0, 0.05) is 24.8 Å². The van der Waals surface area contributed by atoms with Gasteiger partial charge in [-0.2, -0.15) is 0 Å². The summed E-state index contributed by atoms with van der Waals surface area (Å²) in [6.45, 7) is -0.182. The number of rotatable bonds is 6. The Morgan fingerprint density at radius 2 is 1.83 bits per heavy atom. The molecular formula is C16H17ClN2O4S. The second-order valence-corrected chi connectivity index (χ2v) is 7.69. The number of hydrogen-bond acceptors (Lipinski definition) is 4. The molecule has 2 aromatic carbocycles. The van der Waals surface area contributed by atoms with Crippen LogP contribution in [0.2, 0.25) is 5.02 Å². The third kappa shape index (κ3) is 4.70. The second kappa shape index (κ2) is 7.65. The van der Waals surface area contributed by atoms with Crippen molar-refractivity contribution in [2.24, 2.45) is 0 Å². The Morgan fingerprint density at radius 1 is 1.17 bits per heavy atom. The van der Waals surface area contributed by atoms with E-state index in [1.54, 1.807) is 24.3 Å². The van der Waals surface area contributed by atoms with Gasteiger partial charge in [-0.05, 0) is 42.5 Å². The molecule has 0 aliphatic carbocycles. The molecule has 0 aliphatic heterocycles. The van der Waals surface area contributed by atoms with Gasteiger partial charge in [-0.3, -0.25) is 4.79 Å². The van der Waals surface area contributed by atoms with E-state index in [2.05, 4.69) is 5.32 Å². The van der Waals surface area contributed by atoms with Crippen LogP contribution in [0.3, 0.4) is 0 Å². The van der Waals surface area contributed by atoms with Gasteiger partial charge < -0.3 is 10.1 Å². The number of sulfonamides is 1. The molecule has 0 atom stereocenters. The molecule has 0 aliphatic rings. The van der Waals surface area contributed by atoms with Crippen LogP contribution in [-0.4, -0.2) is 39.3 Å². The highest BCUT2D eigenvalue weighted by Crippen LogP contribution is 2.18. The molecule has 0 spiro atoms. The van der Waals surface area contributed by atoms with E-state index < -0.39 is 10.0 Å². The summed E-state index contributed by atoms with van der Waals surface area (Å²) in [5, 5.41) is 3.15. The number of halogens is 1. The molecule has 6 nitrogen and oxygen atoms in total. The first kappa shape index (κ1) is 18.3. The molecule has 1 N–H and O–H groups in total. The van der Waals surface area contributed by atoms with Gasteiger partial charge in [0.05, 0.1) is 4.90 Å². The zero-order chi connectivity index (χ0) is 17.7. The standard InChI is InChI=1S/C16H17ClN2O4S/c1-19(2)24(21,22)15-8-6-13(7-9-15)18-16(20)11-23-14-5-3-4-12(17)10-14/h3-10H,11H2,1-2H3,(H,18,20). The molecule has 128 valence electrons. The van der Waals surface area contributed by atoms with E-state index in [4.69, 9.17) is 16.3 Å². The molecule has 2 aromatic rings. The first-order chi connectivity index (χ1) is 11.3. The van der Waals surface area contributed by atoms with Crippen molar-refractivity contribution in [3.05, 3.63) is 53.6 Å². The Morgan fingerprint density at radius 3 is 2.42 bits per heavy atom. The topological polar surface area (TPSA) is 75.7 Å². The van der Waals surface area contributed by atoms with Crippen molar-refractivity contribution < 1.29 is 17.9 Å². The first-order valence-electron chi connectivity index (χ1n) is 7.00. The molecule has 0 aromatic heterocycles. The average molecular weight is 369 g/mol. The SMILES string of the molecule is CN(C)S(=O)(=O)c1ccc(NC(=O)COc2cccc(Cl)c2)cc1. The van der Waals surface area contributed by atoms with E-state index in [1.807, 2.05) is 0 Å². The van der Waals surface area contributed by atoms with E-state index in [-0.39, 0.29) is 17.4 Å². The summed E-state index contributed by atoms with van der Waals surface area (Å²) >= 11 is 5.83. The van der Waals surface area contributed by atoms with E-state index in [0.717, 1.165) is 4.31 Å². The maximum atomic E-state index is 12.0. The molecule has 0 saturated heterocycles. The van der Waals surface area contributed by atoms with Crippen LogP contribution in [0.15, 0.2) is 53.4 Å². The van der Waals surface area contributed by atoms with E-state index in [0.29, 0.717) is 16.5 Å². The Hall–Kier alpha value is -2.09. The fraction of sp³-hybridized carbons (Fsp3) is 0.188. The summed E-state index contributed by atoms with van der Waals surface area (Å²) in [6, 6.07) is 12.6. The molecule has 24 heavy (non-hydrogen) atoms. The molecular weight excluding hydrogens is 352 g/mol. The van der Waals surface area contributed by atoms with Crippen molar-refractivity contribution in [3.63, 3.8) is 0 Å². The van der Waals surface area contributed by atoms with E-state index in [9.17, 15) is 13.2 Å². The Balaban J connectivity index is 1.95. The lowest BCUT2D eigenvalue weighted by Crippen LogP contribution is -2.22. The van der Waals surface area contributed by atoms with Gasteiger partial charge in [-0.15, -0.1) is 0 Å². The molecule has 0 fully saturated rings. The quantitative estimate of drug-likeness (QED) is 0.850. The monoisotopic (exact) mass is 368 g/mol. The Kier molecular flexibility index (Phi) is 5.82. The average Bonchev–Trinajstić information content (AvgIpc) is 2.53. The van der Waals surface area contributed by atoms with Crippen molar-refractivity contribution in [2.75, 3.05) is 26.0 Å². The summed E-state index contributed by atoms with van der Waals surface area (Å²) in [7, 11) is -0.576. The minimum atomic E-state index is -3.49. The Bertz CT molecular complexity index is 820. The maximum absolute atomic E-state index is 12.0. The van der Waals surface area contributed by atoms with Crippen LogP contribution < -0.4 is 10.1 Å². The third-order valence-corrected chi connectivity index (χ3v) is 5.15. The normalized spacial score (nSPS) is 11.3. The lowest BCUT2D eigenvalue weighted by Gasteiger charge is -2.12. The summed E-state index contributed by atoms with van der Waals surface area (Å²) in [5.41, 5.74) is 0.479. The van der Waals surface area contributed by atoms with E-state index in [1.165, 1.54) is 38.4 Å². The first-order valence-corrected chi connectivity index (χ1v) is 8.81. The lowest BCUT2D eigenvalue weighted by molar-refractivity contribution is -0.118. The number of anilines is 1. The van der Waals surface area contributed by atoms with Gasteiger partial charge in [0.1, 0.15) is 5.75 Å². The number of carbonyl (C=O) groups excluding carboxylic acids is 1. The number of nitrogens with zero attached hydrogens (tertiary/aromatic N) is 1. The smallest absolute Gasteiger partial charge is 0.262 e. The fourth-order valence-electron chi connectivity index (χ4n) is 1.82. The number of nitrogens with one attached hydrogen (secondary N) is 1. The van der Waals surface area contributed by atoms with E-state index >= 15 is 0 Å². The minimum Gasteiger partial charge on any atom is -0.484 e. The number of hydrogen-bond donors (Lipinski definition) is 1. The largest absolute Gasteiger partial charge is 0.484 e. The van der Waals surface area contributed by atoms with Gasteiger partial charge >= 0.3 is 0 Å². The van der Waals surface area contributed by atoms with Gasteiger partial charge in [0.15, 0.2) is 6.61 Å². The van der Waals surface area contributed by atoms with Crippen LogP contribution in [0, 0.1) is 0 Å². The minimum absolute atomic E-state index is 0.153. The molecule has 0 saturated carbocycles. The highest BCUT2D eigenvalue weighted by atomic mass is 35.5. The van der Waals surface area contributed by atoms with Crippen molar-refractivity contribution in [2.45, 2.75) is 4.90 Å². The molecule has 0 heterocycles. The van der Waals surface area contributed by atoms with Crippen LogP contribution in [0.4, 0.5) is 5.69 Å². The molecule has 0 radical (unpaired) electrons. The van der Waals surface area contributed by atoms with Crippen LogP contribution in [-0.2, 0) is 14.8 Å². The van der Waals surface area contributed by atoms with Crippen LogP contribution in [0.1, 0.15) is 0 Å². The van der Waals surface area contributed by atoms with Crippen molar-refractivity contribution in [1.29, 1.82) is 0 Å². The Labute approximate surface area is 146 Å². The summed E-state index contributed by atoms with van der Waals surface area (Å²) in [4.78, 5) is 12.0. The van der Waals surface area contributed by atoms with Crippen LogP contribution in [0.25, 0.3) is 0 Å². The predicted molar refractivity (Wildman–Crippen MR) is 92.9 cm³/mol. The summed E-state index contributed by atoms with van der Waals surface area (Å²) in [5.74, 6) is 0.128. The van der Waals surface area contributed by atoms with Gasteiger partial charge in [-0.1, -0.05) is 17.7 Å². The molecule has 0 bridgehead atoms. The molecule has 1 amide bonds. The highest BCUT2D eigenvalue weighted by Gasteiger charge is 2.16. The lowest BCUT2D eigenvalue weighted by atomic mass is 10.3. The molecule has 0 unspecified atom stereocenters. The van der Waals surface area contributed by atoms with Crippen molar-refractivity contribution >= 4 is 33.2 Å². The predicted octanol–water partition coefficient (Wildman–Crippen LogP) is 2.61. The zero-order valence-corrected chi connectivity index (χ0v) is 14.8. The zero-order valence-electron chi connectivity index (χ0n) is 13.2. The van der Waals surface area contributed by atoms with Crippen molar-refractivity contribution in [1.82, 2.24) is 4.31 Å². The fourth-order valence-corrected chi connectivity index (χ4v) is 2.91. The highest BCUT2D eigenvalue weighted by molar-refractivity contribution is 7.89. The summed E-state index contributed by atoms with van der Waals surface area (Å²) < 4.78 is 30.4. The van der Waals surface area contributed by atoms with Gasteiger partial charge in [0.25, 0.3) is 5.91 Å². The number of carbonyl (C=O) groups is 1. The van der Waals surface area contributed by atoms with Crippen molar-refractivity contribution in [3.8, 4) is 5.75 Å². The number of benzene rings is 2. The van der Waals surface area contributed by atoms with Crippen LogP contribution in [0.5, 0.6) is 5.75 Å². The maximum Gasteiger partial charge on any atom is 0.262 e. The second-order valence-electron chi connectivity index (χ2n) is 5.11. The summed E-state index contributed by atoms with van der Waals surface area (Å²) in [6.07, 6.45) is 0. The third-order valence-electron chi connectivity index (χ3n) is 3.08.